The smallest absolute Gasteiger partial charge is 0.255 e. The molecule has 1 aliphatic heterocycles. The Kier molecular flexibility index (Phi) is 5.25. The fourth-order valence-electron chi connectivity index (χ4n) is 3.73. The fourth-order valence-corrected chi connectivity index (χ4v) is 3.73. The predicted molar refractivity (Wildman–Crippen MR) is 110 cm³/mol. The molecule has 0 radical (unpaired) electrons. The minimum absolute atomic E-state index is 0.0342. The molecule has 1 N–H and O–H groups in total. The molecule has 6 nitrogen and oxygen atoms in total. The zero-order valence-corrected chi connectivity index (χ0v) is 16.6. The van der Waals surface area contributed by atoms with Gasteiger partial charge in [-0.1, -0.05) is 30.3 Å². The summed E-state index contributed by atoms with van der Waals surface area (Å²) in [6.45, 7) is 5.00. The normalized spacial score (nSPS) is 16.2. The molecule has 6 heteroatoms. The van der Waals surface area contributed by atoms with Crippen molar-refractivity contribution in [3.05, 3.63) is 65.4 Å². The predicted octanol–water partition coefficient (Wildman–Crippen LogP) is 3.67. The molecule has 4 rings (SSSR count). The van der Waals surface area contributed by atoms with E-state index >= 15 is 0 Å². The van der Waals surface area contributed by atoms with Gasteiger partial charge >= 0.3 is 0 Å². The molecule has 1 aromatic heterocycles. The number of likely N-dealkylation sites (tertiary alicyclic amines) is 1. The van der Waals surface area contributed by atoms with E-state index in [1.54, 1.807) is 18.7 Å². The Hall–Kier alpha value is -3.28. The lowest BCUT2D eigenvalue weighted by molar-refractivity contribution is -0.127. The number of hydrogen-bond donors (Lipinski definition) is 1. The van der Waals surface area contributed by atoms with Crippen molar-refractivity contribution in [2.24, 2.45) is 0 Å². The number of aryl methyl sites for hydroxylation is 1. The number of furan rings is 1. The lowest BCUT2D eigenvalue weighted by atomic mass is 10.1. The van der Waals surface area contributed by atoms with Gasteiger partial charge in [0.1, 0.15) is 23.7 Å². The molecule has 0 aliphatic carbocycles. The molecule has 0 spiro atoms. The van der Waals surface area contributed by atoms with Crippen LogP contribution in [0, 0.1) is 6.92 Å². The summed E-state index contributed by atoms with van der Waals surface area (Å²) >= 11 is 0. The minimum atomic E-state index is -0.183. The van der Waals surface area contributed by atoms with Crippen LogP contribution in [0.2, 0.25) is 0 Å². The van der Waals surface area contributed by atoms with Crippen LogP contribution in [-0.2, 0) is 11.4 Å². The van der Waals surface area contributed by atoms with Crippen molar-refractivity contribution >= 4 is 22.8 Å². The molecule has 3 aromatic rings. The summed E-state index contributed by atoms with van der Waals surface area (Å²) in [6, 6.07) is 15.4. The first kappa shape index (κ1) is 19.1. The second-order valence-electron chi connectivity index (χ2n) is 7.39. The number of nitrogens with one attached hydrogen (secondary N) is 1. The summed E-state index contributed by atoms with van der Waals surface area (Å²) in [5.41, 5.74) is 2.24. The Labute approximate surface area is 169 Å². The zero-order valence-electron chi connectivity index (χ0n) is 16.6. The number of fused-ring (bicyclic) bond motifs is 1. The summed E-state index contributed by atoms with van der Waals surface area (Å²) in [4.78, 5) is 26.2. The average Bonchev–Trinajstić information content (AvgIpc) is 3.30. The highest BCUT2D eigenvalue weighted by molar-refractivity contribution is 6.07. The second-order valence-corrected chi connectivity index (χ2v) is 7.39. The Bertz CT molecular complexity index is 1040. The summed E-state index contributed by atoms with van der Waals surface area (Å²) in [6.07, 6.45) is 0.756. The number of amides is 2. The Balaban J connectivity index is 1.51. The molecular formula is C23H24N2O4. The highest BCUT2D eigenvalue weighted by atomic mass is 16.5. The van der Waals surface area contributed by atoms with Gasteiger partial charge in [0.25, 0.3) is 5.91 Å². The molecule has 0 saturated carbocycles. The van der Waals surface area contributed by atoms with Crippen LogP contribution in [0.15, 0.2) is 52.9 Å². The molecule has 1 atom stereocenters. The molecule has 0 bridgehead atoms. The van der Waals surface area contributed by atoms with E-state index in [4.69, 9.17) is 9.15 Å². The van der Waals surface area contributed by atoms with E-state index in [1.165, 1.54) is 0 Å². The third kappa shape index (κ3) is 4.11. The SMILES string of the molecule is CC(=O)N1CCC(NC(=O)c2c(C)oc3ccc(OCc4ccccc4)cc23)C1. The van der Waals surface area contributed by atoms with Crippen molar-refractivity contribution in [1.82, 2.24) is 10.2 Å². The van der Waals surface area contributed by atoms with Crippen molar-refractivity contribution in [2.45, 2.75) is 32.9 Å². The van der Waals surface area contributed by atoms with Crippen LogP contribution in [-0.4, -0.2) is 35.8 Å². The highest BCUT2D eigenvalue weighted by Crippen LogP contribution is 2.29. The largest absolute Gasteiger partial charge is 0.489 e. The van der Waals surface area contributed by atoms with Crippen LogP contribution < -0.4 is 10.1 Å². The summed E-state index contributed by atoms with van der Waals surface area (Å²) in [5, 5.41) is 3.77. The molecule has 2 amide bonds. The number of carbonyl (C=O) groups excluding carboxylic acids is 2. The summed E-state index contributed by atoms with van der Waals surface area (Å²) < 4.78 is 11.7. The topological polar surface area (TPSA) is 71.8 Å². The number of rotatable bonds is 5. The van der Waals surface area contributed by atoms with Crippen molar-refractivity contribution < 1.29 is 18.7 Å². The number of nitrogens with zero attached hydrogens (tertiary/aromatic N) is 1. The van der Waals surface area contributed by atoms with Gasteiger partial charge in [0, 0.05) is 31.4 Å². The minimum Gasteiger partial charge on any atom is -0.489 e. The van der Waals surface area contributed by atoms with E-state index < -0.39 is 0 Å². The first-order valence-corrected chi connectivity index (χ1v) is 9.77. The Morgan fingerprint density at radius 1 is 1.21 bits per heavy atom. The van der Waals surface area contributed by atoms with E-state index in [0.717, 1.165) is 17.4 Å². The van der Waals surface area contributed by atoms with Gasteiger partial charge in [0.2, 0.25) is 5.91 Å². The first-order chi connectivity index (χ1) is 14.0. The van der Waals surface area contributed by atoms with Crippen molar-refractivity contribution in [3.8, 4) is 5.75 Å². The van der Waals surface area contributed by atoms with Gasteiger partial charge in [-0.25, -0.2) is 0 Å². The first-order valence-electron chi connectivity index (χ1n) is 9.77. The van der Waals surface area contributed by atoms with Gasteiger partial charge in [0.05, 0.1) is 5.56 Å². The van der Waals surface area contributed by atoms with Gasteiger partial charge in [-0.2, -0.15) is 0 Å². The van der Waals surface area contributed by atoms with Crippen LogP contribution in [0.4, 0.5) is 0 Å². The quantitative estimate of drug-likeness (QED) is 0.719. The number of ether oxygens (including phenoxy) is 1. The average molecular weight is 392 g/mol. The standard InChI is InChI=1S/C23H24N2O4/c1-15-22(23(27)24-18-10-11-25(13-18)16(2)26)20-12-19(8-9-21(20)29-15)28-14-17-6-4-3-5-7-17/h3-9,12,18H,10-11,13-14H2,1-2H3,(H,24,27). The van der Waals surface area contributed by atoms with Crippen LogP contribution in [0.3, 0.4) is 0 Å². The van der Waals surface area contributed by atoms with Gasteiger partial charge in [-0.3, -0.25) is 9.59 Å². The monoisotopic (exact) mass is 392 g/mol. The van der Waals surface area contributed by atoms with Crippen molar-refractivity contribution in [3.63, 3.8) is 0 Å². The third-order valence-electron chi connectivity index (χ3n) is 5.28. The molecule has 150 valence electrons. The van der Waals surface area contributed by atoms with Crippen molar-refractivity contribution in [2.75, 3.05) is 13.1 Å². The van der Waals surface area contributed by atoms with Gasteiger partial charge in [-0.05, 0) is 37.1 Å². The fraction of sp³-hybridized carbons (Fsp3) is 0.304. The zero-order chi connectivity index (χ0) is 20.4. The molecule has 1 fully saturated rings. The highest BCUT2D eigenvalue weighted by Gasteiger charge is 2.27. The summed E-state index contributed by atoms with van der Waals surface area (Å²) in [7, 11) is 0. The van der Waals surface area contributed by atoms with Crippen LogP contribution in [0.1, 0.15) is 35.0 Å². The van der Waals surface area contributed by atoms with E-state index in [0.29, 0.717) is 42.4 Å². The Morgan fingerprint density at radius 3 is 2.72 bits per heavy atom. The molecule has 1 unspecified atom stereocenters. The molecule has 1 aliphatic rings. The third-order valence-corrected chi connectivity index (χ3v) is 5.28. The van der Waals surface area contributed by atoms with Crippen molar-refractivity contribution in [1.29, 1.82) is 0 Å². The van der Waals surface area contributed by atoms with Crippen LogP contribution >= 0.6 is 0 Å². The van der Waals surface area contributed by atoms with Crippen LogP contribution in [0.5, 0.6) is 5.75 Å². The van der Waals surface area contributed by atoms with E-state index in [-0.39, 0.29) is 17.9 Å². The maximum absolute atomic E-state index is 12.9. The van der Waals surface area contributed by atoms with Gasteiger partial charge in [0.15, 0.2) is 0 Å². The summed E-state index contributed by atoms with van der Waals surface area (Å²) in [5.74, 6) is 1.10. The molecule has 2 aromatic carbocycles. The lowest BCUT2D eigenvalue weighted by Gasteiger charge is -2.15. The van der Waals surface area contributed by atoms with Gasteiger partial charge < -0.3 is 19.4 Å². The second kappa shape index (κ2) is 7.99. The maximum Gasteiger partial charge on any atom is 0.255 e. The number of hydrogen-bond acceptors (Lipinski definition) is 4. The maximum atomic E-state index is 12.9. The number of carbonyl (C=O) groups is 2. The molecule has 1 saturated heterocycles. The molecule has 2 heterocycles. The van der Waals surface area contributed by atoms with E-state index in [1.807, 2.05) is 48.5 Å². The Morgan fingerprint density at radius 2 is 2.00 bits per heavy atom. The van der Waals surface area contributed by atoms with Gasteiger partial charge in [-0.15, -0.1) is 0 Å². The number of benzene rings is 2. The molecule has 29 heavy (non-hydrogen) atoms. The van der Waals surface area contributed by atoms with Crippen LogP contribution in [0.25, 0.3) is 11.0 Å². The molecular weight excluding hydrogens is 368 g/mol. The lowest BCUT2D eigenvalue weighted by Crippen LogP contribution is -2.38. The van der Waals surface area contributed by atoms with E-state index in [9.17, 15) is 9.59 Å². The van der Waals surface area contributed by atoms with E-state index in [2.05, 4.69) is 5.32 Å².